The third-order valence-corrected chi connectivity index (χ3v) is 6.31. The predicted octanol–water partition coefficient (Wildman–Crippen LogP) is 5.19. The van der Waals surface area contributed by atoms with Gasteiger partial charge in [0.2, 0.25) is 11.9 Å². The first-order valence-corrected chi connectivity index (χ1v) is 12.7. The van der Waals surface area contributed by atoms with Gasteiger partial charge in [0.1, 0.15) is 18.0 Å². The monoisotopic (exact) mass is 510 g/mol. The molecule has 8 nitrogen and oxygen atoms in total. The van der Waals surface area contributed by atoms with Gasteiger partial charge in [0.15, 0.2) is 0 Å². The topological polar surface area (TPSA) is 85.7 Å². The Balaban J connectivity index is 1.41. The largest absolute Gasteiger partial charge is 0.497 e. The summed E-state index contributed by atoms with van der Waals surface area (Å²) in [6.07, 6.45) is 3.63. The summed E-state index contributed by atoms with van der Waals surface area (Å²) < 4.78 is 12.8. The Bertz CT molecular complexity index is 1430. The lowest BCUT2D eigenvalue weighted by Gasteiger charge is -2.22. The molecule has 0 spiro atoms. The lowest BCUT2D eigenvalue weighted by Crippen LogP contribution is -2.39. The maximum Gasteiger partial charge on any atom is 0.254 e. The smallest absolute Gasteiger partial charge is 0.254 e. The number of methoxy groups -OCH3 is 1. The van der Waals surface area contributed by atoms with Crippen LogP contribution in [0.3, 0.4) is 0 Å². The average Bonchev–Trinajstić information content (AvgIpc) is 3.71. The van der Waals surface area contributed by atoms with E-state index in [2.05, 4.69) is 5.32 Å². The fourth-order valence-corrected chi connectivity index (χ4v) is 4.30. The van der Waals surface area contributed by atoms with E-state index < -0.39 is 0 Å². The number of hydrogen-bond acceptors (Lipinski definition) is 5. The molecule has 3 aromatic carbocycles. The molecule has 0 radical (unpaired) electrons. The quantitative estimate of drug-likeness (QED) is 0.317. The van der Waals surface area contributed by atoms with Crippen LogP contribution in [0.5, 0.6) is 11.5 Å². The Hall–Kier alpha value is -4.59. The lowest BCUT2D eigenvalue weighted by atomic mass is 10.2. The van der Waals surface area contributed by atoms with Crippen LogP contribution in [0.25, 0.3) is 16.9 Å². The number of aromatic nitrogens is 2. The Morgan fingerprint density at radius 1 is 1.00 bits per heavy atom. The number of ether oxygens (including phenoxy) is 2. The molecule has 8 heteroatoms. The van der Waals surface area contributed by atoms with E-state index in [1.165, 1.54) is 0 Å². The normalized spacial score (nSPS) is 12.6. The molecular formula is C30H30N4O4. The van der Waals surface area contributed by atoms with Crippen molar-refractivity contribution in [3.05, 3.63) is 90.6 Å². The molecule has 0 aliphatic heterocycles. The van der Waals surface area contributed by atoms with Gasteiger partial charge in [0.05, 0.1) is 25.1 Å². The second-order valence-electron chi connectivity index (χ2n) is 9.06. The molecule has 0 atom stereocenters. The molecule has 1 fully saturated rings. The average molecular weight is 511 g/mol. The number of amides is 2. The number of hydrogen-bond donors (Lipinski definition) is 1. The molecule has 2 amide bonds. The summed E-state index contributed by atoms with van der Waals surface area (Å²) in [6, 6.07) is 24.4. The Labute approximate surface area is 221 Å². The first-order valence-electron chi connectivity index (χ1n) is 12.7. The van der Waals surface area contributed by atoms with Crippen LogP contribution in [0, 0.1) is 0 Å². The molecule has 4 aromatic rings. The van der Waals surface area contributed by atoms with Gasteiger partial charge in [-0.3, -0.25) is 19.5 Å². The highest BCUT2D eigenvalue weighted by molar-refractivity contribution is 5.99. The highest BCUT2D eigenvalue weighted by Crippen LogP contribution is 2.30. The molecule has 1 aromatic heterocycles. The molecule has 1 N–H and O–H groups in total. The molecule has 0 unspecified atom stereocenters. The minimum atomic E-state index is -0.319. The van der Waals surface area contributed by atoms with Crippen molar-refractivity contribution in [1.29, 1.82) is 0 Å². The van der Waals surface area contributed by atoms with Crippen molar-refractivity contribution in [3.8, 4) is 28.4 Å². The fraction of sp³-hybridized carbons (Fsp3) is 0.233. The van der Waals surface area contributed by atoms with Crippen molar-refractivity contribution in [1.82, 2.24) is 14.5 Å². The van der Waals surface area contributed by atoms with Crippen LogP contribution in [0.1, 0.15) is 30.1 Å². The molecule has 0 bridgehead atoms. The molecule has 1 heterocycles. The van der Waals surface area contributed by atoms with E-state index in [9.17, 15) is 9.59 Å². The summed E-state index contributed by atoms with van der Waals surface area (Å²) in [7, 11) is 1.56. The van der Waals surface area contributed by atoms with Crippen LogP contribution in [0.2, 0.25) is 0 Å². The number of anilines is 1. The van der Waals surface area contributed by atoms with Crippen molar-refractivity contribution in [3.63, 3.8) is 0 Å². The zero-order valence-corrected chi connectivity index (χ0v) is 21.5. The minimum absolute atomic E-state index is 0.0435. The summed E-state index contributed by atoms with van der Waals surface area (Å²) in [6.45, 7) is 2.40. The van der Waals surface area contributed by atoms with Gasteiger partial charge in [-0.1, -0.05) is 42.5 Å². The highest BCUT2D eigenvalue weighted by atomic mass is 16.5. The number of imidazole rings is 1. The van der Waals surface area contributed by atoms with Crippen molar-refractivity contribution < 1.29 is 19.1 Å². The highest BCUT2D eigenvalue weighted by Gasteiger charge is 2.34. The van der Waals surface area contributed by atoms with Gasteiger partial charge in [0.25, 0.3) is 5.91 Å². The first kappa shape index (κ1) is 25.1. The van der Waals surface area contributed by atoms with E-state index in [0.29, 0.717) is 29.6 Å². The van der Waals surface area contributed by atoms with E-state index in [1.807, 2.05) is 72.3 Å². The summed E-state index contributed by atoms with van der Waals surface area (Å²) in [5, 5.41) is 2.95. The lowest BCUT2D eigenvalue weighted by molar-refractivity contribution is -0.117. The maximum absolute atomic E-state index is 13.3. The summed E-state index contributed by atoms with van der Waals surface area (Å²) in [4.78, 5) is 33.0. The van der Waals surface area contributed by atoms with Crippen molar-refractivity contribution in [2.45, 2.75) is 25.8 Å². The number of benzene rings is 3. The molecular weight excluding hydrogens is 480 g/mol. The van der Waals surface area contributed by atoms with Gasteiger partial charge in [-0.25, -0.2) is 4.98 Å². The Morgan fingerprint density at radius 2 is 1.76 bits per heavy atom. The second-order valence-corrected chi connectivity index (χ2v) is 9.06. The van der Waals surface area contributed by atoms with Crippen LogP contribution in [-0.2, 0) is 4.79 Å². The van der Waals surface area contributed by atoms with Gasteiger partial charge in [-0.05, 0) is 50.1 Å². The minimum Gasteiger partial charge on any atom is -0.497 e. The second kappa shape index (κ2) is 11.2. The number of carbonyl (C=O) groups excluding carboxylic acids is 2. The number of rotatable bonds is 10. The predicted molar refractivity (Wildman–Crippen MR) is 146 cm³/mol. The molecule has 0 saturated heterocycles. The zero-order valence-electron chi connectivity index (χ0n) is 21.5. The van der Waals surface area contributed by atoms with Crippen LogP contribution in [0.4, 0.5) is 5.95 Å². The number of nitrogens with zero attached hydrogens (tertiary/aromatic N) is 3. The summed E-state index contributed by atoms with van der Waals surface area (Å²) in [5.74, 6) is 1.17. The summed E-state index contributed by atoms with van der Waals surface area (Å²) >= 11 is 0. The SMILES string of the molecule is CCOc1cccc(-n2cc(-c3ccccc3)nc2NC(=O)CN(C(=O)c2cccc(OC)c2)C2CC2)c1. The zero-order chi connectivity index (χ0) is 26.5. The maximum atomic E-state index is 13.3. The Kier molecular flexibility index (Phi) is 7.40. The van der Waals surface area contributed by atoms with E-state index in [4.69, 9.17) is 14.5 Å². The first-order chi connectivity index (χ1) is 18.6. The van der Waals surface area contributed by atoms with E-state index in [1.54, 1.807) is 36.3 Å². The Morgan fingerprint density at radius 3 is 2.50 bits per heavy atom. The molecule has 1 aliphatic carbocycles. The van der Waals surface area contributed by atoms with Gasteiger partial charge in [-0.2, -0.15) is 0 Å². The molecule has 1 saturated carbocycles. The fourth-order valence-electron chi connectivity index (χ4n) is 4.30. The van der Waals surface area contributed by atoms with Crippen molar-refractivity contribution >= 4 is 17.8 Å². The van der Waals surface area contributed by atoms with Gasteiger partial charge < -0.3 is 14.4 Å². The number of nitrogens with one attached hydrogen (secondary N) is 1. The standard InChI is InChI=1S/C30H30N4O4/c1-3-38-26-14-8-12-24(18-26)34-19-27(21-9-5-4-6-10-21)31-30(34)32-28(35)20-33(23-15-16-23)29(36)22-11-7-13-25(17-22)37-2/h4-14,17-19,23H,3,15-16,20H2,1-2H3,(H,31,32,35). The van der Waals surface area contributed by atoms with Crippen LogP contribution < -0.4 is 14.8 Å². The molecule has 194 valence electrons. The van der Waals surface area contributed by atoms with Gasteiger partial charge in [0, 0.05) is 29.4 Å². The van der Waals surface area contributed by atoms with Crippen LogP contribution >= 0.6 is 0 Å². The van der Waals surface area contributed by atoms with Crippen molar-refractivity contribution in [2.24, 2.45) is 0 Å². The van der Waals surface area contributed by atoms with E-state index in [-0.39, 0.29) is 24.4 Å². The molecule has 38 heavy (non-hydrogen) atoms. The van der Waals surface area contributed by atoms with Gasteiger partial charge >= 0.3 is 0 Å². The van der Waals surface area contributed by atoms with Crippen LogP contribution in [-0.4, -0.2) is 52.6 Å². The number of carbonyl (C=O) groups is 2. The van der Waals surface area contributed by atoms with Gasteiger partial charge in [-0.15, -0.1) is 0 Å². The van der Waals surface area contributed by atoms with E-state index >= 15 is 0 Å². The third kappa shape index (κ3) is 5.70. The van der Waals surface area contributed by atoms with E-state index in [0.717, 1.165) is 29.8 Å². The summed E-state index contributed by atoms with van der Waals surface area (Å²) in [5.41, 5.74) is 2.93. The third-order valence-electron chi connectivity index (χ3n) is 6.31. The molecule has 1 aliphatic rings. The molecule has 5 rings (SSSR count). The van der Waals surface area contributed by atoms with Crippen LogP contribution in [0.15, 0.2) is 85.1 Å². The van der Waals surface area contributed by atoms with Crippen molar-refractivity contribution in [2.75, 3.05) is 25.6 Å².